The maximum atomic E-state index is 12.5. The van der Waals surface area contributed by atoms with Crippen LogP contribution in [0.1, 0.15) is 38.7 Å². The maximum Gasteiger partial charge on any atom is 0.237 e. The summed E-state index contributed by atoms with van der Waals surface area (Å²) < 4.78 is 0. The highest BCUT2D eigenvalue weighted by atomic mass is 35.5. The Kier molecular flexibility index (Phi) is 5.28. The van der Waals surface area contributed by atoms with Crippen LogP contribution >= 0.6 is 11.6 Å². The summed E-state index contributed by atoms with van der Waals surface area (Å²) in [5.41, 5.74) is 1.20. The second kappa shape index (κ2) is 6.80. The maximum absolute atomic E-state index is 12.5. The number of nitrogens with one attached hydrogen (secondary N) is 1. The molecule has 1 aromatic carbocycles. The number of hydrogen-bond acceptors (Lipinski definition) is 2. The van der Waals surface area contributed by atoms with Gasteiger partial charge in [0.15, 0.2) is 0 Å². The molecule has 2 rings (SSSR count). The highest BCUT2D eigenvalue weighted by molar-refractivity contribution is 6.30. The Morgan fingerprint density at radius 1 is 1.33 bits per heavy atom. The Morgan fingerprint density at radius 3 is 2.43 bits per heavy atom. The topological polar surface area (TPSA) is 32.3 Å². The van der Waals surface area contributed by atoms with Crippen molar-refractivity contribution in [3.8, 4) is 0 Å². The molecular weight excluding hydrogens is 284 g/mol. The summed E-state index contributed by atoms with van der Waals surface area (Å²) in [6.45, 7) is 5.03. The van der Waals surface area contributed by atoms with Gasteiger partial charge in [-0.1, -0.05) is 37.6 Å². The predicted molar refractivity (Wildman–Crippen MR) is 87.6 cm³/mol. The first-order valence-electron chi connectivity index (χ1n) is 7.76. The number of likely N-dealkylation sites (N-methyl/N-ethyl adjacent to an activating group) is 1. The molecule has 4 heteroatoms. The van der Waals surface area contributed by atoms with Crippen molar-refractivity contribution in [3.63, 3.8) is 0 Å². The lowest BCUT2D eigenvalue weighted by atomic mass is 10.0. The average Bonchev–Trinajstić information content (AvgIpc) is 3.21. The van der Waals surface area contributed by atoms with Gasteiger partial charge < -0.3 is 5.32 Å². The van der Waals surface area contributed by atoms with Crippen molar-refractivity contribution in [2.75, 3.05) is 13.6 Å². The van der Waals surface area contributed by atoms with Gasteiger partial charge in [0.05, 0.1) is 6.04 Å². The van der Waals surface area contributed by atoms with E-state index in [4.69, 9.17) is 11.6 Å². The van der Waals surface area contributed by atoms with Crippen LogP contribution in [0.4, 0.5) is 0 Å². The molecule has 21 heavy (non-hydrogen) atoms. The predicted octanol–water partition coefficient (Wildman–Crippen LogP) is 3.26. The van der Waals surface area contributed by atoms with Gasteiger partial charge in [-0.05, 0) is 57.0 Å². The van der Waals surface area contributed by atoms with Crippen molar-refractivity contribution in [1.29, 1.82) is 0 Å². The Morgan fingerprint density at radius 2 is 1.95 bits per heavy atom. The molecule has 116 valence electrons. The highest BCUT2D eigenvalue weighted by Gasteiger charge is 2.44. The number of halogens is 1. The summed E-state index contributed by atoms with van der Waals surface area (Å²) in [5.74, 6) is 0.160. The summed E-state index contributed by atoms with van der Waals surface area (Å²) in [4.78, 5) is 14.6. The fourth-order valence-corrected chi connectivity index (χ4v) is 2.88. The Bertz CT molecular complexity index is 482. The molecule has 1 N–H and O–H groups in total. The van der Waals surface area contributed by atoms with E-state index in [1.165, 1.54) is 5.56 Å². The molecule has 0 aliphatic heterocycles. The number of carbonyl (C=O) groups is 1. The van der Waals surface area contributed by atoms with Gasteiger partial charge in [-0.3, -0.25) is 9.69 Å². The normalized spacial score (nSPS) is 17.6. The van der Waals surface area contributed by atoms with Gasteiger partial charge in [0, 0.05) is 10.6 Å². The second-order valence-corrected chi connectivity index (χ2v) is 6.51. The first kappa shape index (κ1) is 16.3. The third-order valence-electron chi connectivity index (χ3n) is 4.42. The monoisotopic (exact) mass is 308 g/mol. The van der Waals surface area contributed by atoms with Crippen molar-refractivity contribution in [1.82, 2.24) is 10.2 Å². The van der Waals surface area contributed by atoms with Crippen molar-refractivity contribution < 1.29 is 4.79 Å². The molecule has 0 saturated heterocycles. The van der Waals surface area contributed by atoms with E-state index >= 15 is 0 Å². The smallest absolute Gasteiger partial charge is 0.237 e. The van der Waals surface area contributed by atoms with Gasteiger partial charge in [0.25, 0.3) is 0 Å². The van der Waals surface area contributed by atoms with Crippen LogP contribution in [0, 0.1) is 0 Å². The molecule has 1 aliphatic rings. The van der Waals surface area contributed by atoms with Crippen LogP contribution in [0.5, 0.6) is 0 Å². The van der Waals surface area contributed by atoms with Crippen molar-refractivity contribution in [3.05, 3.63) is 34.9 Å². The van der Waals surface area contributed by atoms with Crippen LogP contribution in [0.3, 0.4) is 0 Å². The third-order valence-corrected chi connectivity index (χ3v) is 4.67. The number of carbonyl (C=O) groups excluding carboxylic acids is 1. The zero-order valence-corrected chi connectivity index (χ0v) is 13.9. The van der Waals surface area contributed by atoms with E-state index < -0.39 is 0 Å². The number of amides is 1. The third kappa shape index (κ3) is 4.21. The molecule has 0 aromatic heterocycles. The molecule has 1 fully saturated rings. The van der Waals surface area contributed by atoms with Crippen molar-refractivity contribution in [2.45, 2.75) is 51.1 Å². The summed E-state index contributed by atoms with van der Waals surface area (Å²) in [5, 5.41) is 4.04. The van der Waals surface area contributed by atoms with Crippen LogP contribution in [-0.2, 0) is 11.2 Å². The van der Waals surface area contributed by atoms with E-state index in [1.807, 2.05) is 31.3 Å². The van der Waals surface area contributed by atoms with E-state index in [1.54, 1.807) is 0 Å². The van der Waals surface area contributed by atoms with Crippen LogP contribution in [-0.4, -0.2) is 36.0 Å². The fourth-order valence-electron chi connectivity index (χ4n) is 2.75. The molecule has 1 saturated carbocycles. The first-order chi connectivity index (χ1) is 9.99. The molecule has 3 nitrogen and oxygen atoms in total. The molecule has 1 aliphatic carbocycles. The van der Waals surface area contributed by atoms with Gasteiger partial charge >= 0.3 is 0 Å². The second-order valence-electron chi connectivity index (χ2n) is 6.07. The van der Waals surface area contributed by atoms with E-state index in [0.29, 0.717) is 0 Å². The standard InChI is InChI=1S/C17H25ClN2O/c1-4-15(20(3)5-2)16(21)19-17(10-11-17)12-13-6-8-14(18)9-7-13/h6-9,15H,4-5,10-12H2,1-3H3,(H,19,21). The molecule has 1 amide bonds. The summed E-state index contributed by atoms with van der Waals surface area (Å²) >= 11 is 5.92. The number of nitrogens with zero attached hydrogens (tertiary/aromatic N) is 1. The van der Waals surface area contributed by atoms with E-state index in [9.17, 15) is 4.79 Å². The highest BCUT2D eigenvalue weighted by Crippen LogP contribution is 2.39. The Labute approximate surface area is 132 Å². The van der Waals surface area contributed by atoms with Gasteiger partial charge in [0.2, 0.25) is 5.91 Å². The lowest BCUT2D eigenvalue weighted by Crippen LogP contribution is -2.49. The van der Waals surface area contributed by atoms with Crippen LogP contribution in [0.25, 0.3) is 0 Å². The first-order valence-corrected chi connectivity index (χ1v) is 8.14. The number of hydrogen-bond donors (Lipinski definition) is 1. The summed E-state index contributed by atoms with van der Waals surface area (Å²) in [6.07, 6.45) is 3.86. The van der Waals surface area contributed by atoms with Gasteiger partial charge in [0.1, 0.15) is 0 Å². The number of benzene rings is 1. The largest absolute Gasteiger partial charge is 0.349 e. The molecule has 0 spiro atoms. The zero-order chi connectivity index (χ0) is 15.5. The number of rotatable bonds is 7. The molecule has 0 bridgehead atoms. The van der Waals surface area contributed by atoms with Crippen molar-refractivity contribution in [2.24, 2.45) is 0 Å². The van der Waals surface area contributed by atoms with E-state index in [-0.39, 0.29) is 17.5 Å². The van der Waals surface area contributed by atoms with Gasteiger partial charge in [-0.15, -0.1) is 0 Å². The summed E-state index contributed by atoms with van der Waals surface area (Å²) in [6, 6.07) is 7.88. The lowest BCUT2D eigenvalue weighted by molar-refractivity contribution is -0.127. The zero-order valence-electron chi connectivity index (χ0n) is 13.2. The van der Waals surface area contributed by atoms with Gasteiger partial charge in [-0.2, -0.15) is 0 Å². The molecule has 1 unspecified atom stereocenters. The molecule has 0 heterocycles. The minimum atomic E-state index is -0.0348. The van der Waals surface area contributed by atoms with Crippen molar-refractivity contribution >= 4 is 17.5 Å². The van der Waals surface area contributed by atoms with Crippen LogP contribution < -0.4 is 5.32 Å². The fraction of sp³-hybridized carbons (Fsp3) is 0.588. The van der Waals surface area contributed by atoms with E-state index in [0.717, 1.165) is 37.3 Å². The molecule has 0 radical (unpaired) electrons. The quantitative estimate of drug-likeness (QED) is 0.838. The minimum absolute atomic E-state index is 0.0299. The average molecular weight is 309 g/mol. The van der Waals surface area contributed by atoms with Crippen LogP contribution in [0.15, 0.2) is 24.3 Å². The Balaban J connectivity index is 1.97. The summed E-state index contributed by atoms with van der Waals surface area (Å²) in [7, 11) is 2.01. The SMILES string of the molecule is CCC(C(=O)NC1(Cc2ccc(Cl)cc2)CC1)N(C)CC. The minimum Gasteiger partial charge on any atom is -0.349 e. The van der Waals surface area contributed by atoms with Gasteiger partial charge in [-0.25, -0.2) is 0 Å². The van der Waals surface area contributed by atoms with Crippen LogP contribution in [0.2, 0.25) is 5.02 Å². The lowest BCUT2D eigenvalue weighted by Gasteiger charge is -2.27. The van der Waals surface area contributed by atoms with E-state index in [2.05, 4.69) is 24.1 Å². The Hall–Kier alpha value is -1.06. The molecular formula is C17H25ClN2O. The molecule has 1 aromatic rings. The molecule has 1 atom stereocenters.